The minimum atomic E-state index is -0.396. The molecule has 64 valence electrons. The molecule has 0 aromatic heterocycles. The van der Waals surface area contributed by atoms with E-state index in [4.69, 9.17) is 10.8 Å². The summed E-state index contributed by atoms with van der Waals surface area (Å²) in [5.74, 6) is 0. The number of aliphatic hydroxyl groups excluding tert-OH is 1. The van der Waals surface area contributed by atoms with Gasteiger partial charge in [0.15, 0.2) is 0 Å². The van der Waals surface area contributed by atoms with Crippen LogP contribution in [0.3, 0.4) is 0 Å². The van der Waals surface area contributed by atoms with Crippen LogP contribution in [0.5, 0.6) is 0 Å². The van der Waals surface area contributed by atoms with Gasteiger partial charge < -0.3 is 10.8 Å². The Morgan fingerprint density at radius 1 is 1.40 bits per heavy atom. The van der Waals surface area contributed by atoms with E-state index in [1.165, 1.54) is 0 Å². The first kappa shape index (κ1) is 12.8. The van der Waals surface area contributed by atoms with E-state index in [2.05, 4.69) is 0 Å². The first-order valence-corrected chi connectivity index (χ1v) is 3.53. The van der Waals surface area contributed by atoms with Crippen LogP contribution in [-0.2, 0) is 0 Å². The zero-order chi connectivity index (χ0) is 7.49. The molecule has 0 aromatic carbocycles. The van der Waals surface area contributed by atoms with Gasteiger partial charge in [0.05, 0.1) is 6.10 Å². The summed E-state index contributed by atoms with van der Waals surface area (Å²) in [5.41, 5.74) is 5.43. The zero-order valence-corrected chi connectivity index (χ0v) is 7.74. The van der Waals surface area contributed by atoms with Crippen molar-refractivity contribution in [3.8, 4) is 0 Å². The third-order valence-electron chi connectivity index (χ3n) is 2.15. The maximum absolute atomic E-state index is 9.15. The number of hydrogen-bond donors (Lipinski definition) is 2. The van der Waals surface area contributed by atoms with Crippen LogP contribution in [0.1, 0.15) is 33.6 Å². The van der Waals surface area contributed by atoms with Gasteiger partial charge in [0.1, 0.15) is 0 Å². The fourth-order valence-electron chi connectivity index (χ4n) is 0.841. The third-order valence-corrected chi connectivity index (χ3v) is 2.15. The fourth-order valence-corrected chi connectivity index (χ4v) is 0.841. The van der Waals surface area contributed by atoms with Crippen LogP contribution in [0.15, 0.2) is 0 Å². The van der Waals surface area contributed by atoms with Crippen LogP contribution < -0.4 is 5.73 Å². The summed E-state index contributed by atoms with van der Waals surface area (Å²) in [6.07, 6.45) is 1.27. The largest absolute Gasteiger partial charge is 0.392 e. The van der Waals surface area contributed by atoms with Crippen LogP contribution in [0.25, 0.3) is 0 Å². The highest BCUT2D eigenvalue weighted by molar-refractivity contribution is 5.85. The molecule has 0 saturated heterocycles. The highest BCUT2D eigenvalue weighted by Gasteiger charge is 2.25. The van der Waals surface area contributed by atoms with E-state index in [1.807, 2.05) is 13.8 Å². The fraction of sp³-hybridized carbons (Fsp3) is 1.00. The van der Waals surface area contributed by atoms with E-state index < -0.39 is 6.10 Å². The van der Waals surface area contributed by atoms with Crippen molar-refractivity contribution >= 4 is 12.4 Å². The monoisotopic (exact) mass is 167 g/mol. The Kier molecular flexibility index (Phi) is 6.35. The summed E-state index contributed by atoms with van der Waals surface area (Å²) in [4.78, 5) is 0. The number of nitrogens with two attached hydrogens (primary N) is 1. The lowest BCUT2D eigenvalue weighted by molar-refractivity contribution is 0.0946. The quantitative estimate of drug-likeness (QED) is 0.666. The first-order valence-electron chi connectivity index (χ1n) is 3.53. The molecule has 3 heteroatoms. The molecular formula is C7H18ClNO. The van der Waals surface area contributed by atoms with Crippen LogP contribution in [0.2, 0.25) is 0 Å². The molecule has 0 aromatic rings. The molecule has 0 rings (SSSR count). The molecule has 0 bridgehead atoms. The Hall–Kier alpha value is 0.210. The molecule has 0 heterocycles. The molecule has 0 aliphatic carbocycles. The lowest BCUT2D eigenvalue weighted by Crippen LogP contribution is -2.48. The molecule has 10 heavy (non-hydrogen) atoms. The van der Waals surface area contributed by atoms with Crippen LogP contribution in [0.4, 0.5) is 0 Å². The molecule has 0 saturated carbocycles. The van der Waals surface area contributed by atoms with Gasteiger partial charge in [-0.25, -0.2) is 0 Å². The van der Waals surface area contributed by atoms with E-state index in [1.54, 1.807) is 6.92 Å². The van der Waals surface area contributed by atoms with Crippen LogP contribution in [0, 0.1) is 0 Å². The summed E-state index contributed by atoms with van der Waals surface area (Å²) >= 11 is 0. The highest BCUT2D eigenvalue weighted by atomic mass is 35.5. The van der Waals surface area contributed by atoms with Gasteiger partial charge in [0, 0.05) is 5.54 Å². The smallest absolute Gasteiger partial charge is 0.0691 e. The zero-order valence-electron chi connectivity index (χ0n) is 6.92. The Bertz CT molecular complexity index is 81.7. The molecule has 0 spiro atoms. The average molecular weight is 168 g/mol. The van der Waals surface area contributed by atoms with Gasteiger partial charge in [0.2, 0.25) is 0 Å². The molecule has 0 amide bonds. The minimum Gasteiger partial charge on any atom is -0.392 e. The molecule has 0 aliphatic rings. The van der Waals surface area contributed by atoms with Gasteiger partial charge in [-0.2, -0.15) is 0 Å². The van der Waals surface area contributed by atoms with Crippen molar-refractivity contribution in [2.75, 3.05) is 0 Å². The maximum Gasteiger partial charge on any atom is 0.0691 e. The summed E-state index contributed by atoms with van der Waals surface area (Å²) in [7, 11) is 0. The van der Waals surface area contributed by atoms with Gasteiger partial charge in [-0.3, -0.25) is 0 Å². The summed E-state index contributed by atoms with van der Waals surface area (Å²) < 4.78 is 0. The van der Waals surface area contributed by atoms with Crippen molar-refractivity contribution in [3.05, 3.63) is 0 Å². The highest BCUT2D eigenvalue weighted by Crippen LogP contribution is 2.15. The second-order valence-corrected chi connectivity index (χ2v) is 2.62. The predicted molar refractivity (Wildman–Crippen MR) is 46.4 cm³/mol. The second-order valence-electron chi connectivity index (χ2n) is 2.62. The standard InChI is InChI=1S/C7H17NO.ClH/c1-4-7(8,5-2)6(3)9;/h6,9H,4-5,8H2,1-3H3;1H. The summed E-state index contributed by atoms with van der Waals surface area (Å²) in [6.45, 7) is 5.74. The molecule has 0 fully saturated rings. The van der Waals surface area contributed by atoms with Crippen molar-refractivity contribution < 1.29 is 5.11 Å². The number of rotatable bonds is 3. The van der Waals surface area contributed by atoms with E-state index >= 15 is 0 Å². The van der Waals surface area contributed by atoms with E-state index in [-0.39, 0.29) is 17.9 Å². The van der Waals surface area contributed by atoms with Crippen molar-refractivity contribution in [2.24, 2.45) is 5.73 Å². The third kappa shape index (κ3) is 2.86. The molecule has 2 nitrogen and oxygen atoms in total. The van der Waals surface area contributed by atoms with Crippen molar-refractivity contribution in [1.82, 2.24) is 0 Å². The minimum absolute atomic E-state index is 0. The normalized spacial score (nSPS) is 14.1. The molecule has 0 aliphatic heterocycles. The molecule has 0 radical (unpaired) electrons. The van der Waals surface area contributed by atoms with Crippen molar-refractivity contribution in [1.29, 1.82) is 0 Å². The lowest BCUT2D eigenvalue weighted by Gasteiger charge is -2.29. The molecular weight excluding hydrogens is 150 g/mol. The second kappa shape index (κ2) is 4.94. The first-order chi connectivity index (χ1) is 4.06. The van der Waals surface area contributed by atoms with E-state index in [0.717, 1.165) is 12.8 Å². The van der Waals surface area contributed by atoms with Crippen molar-refractivity contribution in [2.45, 2.75) is 45.3 Å². The predicted octanol–water partition coefficient (Wildman–Crippen LogP) is 1.31. The van der Waals surface area contributed by atoms with Gasteiger partial charge >= 0.3 is 0 Å². The number of halogens is 1. The Morgan fingerprint density at radius 2 is 1.70 bits per heavy atom. The number of aliphatic hydroxyl groups is 1. The average Bonchev–Trinajstić information content (AvgIpc) is 1.86. The maximum atomic E-state index is 9.15. The van der Waals surface area contributed by atoms with Crippen LogP contribution >= 0.6 is 12.4 Å². The SMILES string of the molecule is CCC(N)(CC)C(C)O.Cl. The van der Waals surface area contributed by atoms with Crippen molar-refractivity contribution in [3.63, 3.8) is 0 Å². The van der Waals surface area contributed by atoms with E-state index in [0.29, 0.717) is 0 Å². The van der Waals surface area contributed by atoms with E-state index in [9.17, 15) is 0 Å². The van der Waals surface area contributed by atoms with Gasteiger partial charge in [-0.05, 0) is 19.8 Å². The molecule has 1 atom stereocenters. The summed E-state index contributed by atoms with van der Waals surface area (Å²) in [5, 5.41) is 9.15. The van der Waals surface area contributed by atoms with Gasteiger partial charge in [0.25, 0.3) is 0 Å². The Labute approximate surface area is 69.2 Å². The van der Waals surface area contributed by atoms with Crippen LogP contribution in [-0.4, -0.2) is 16.7 Å². The number of hydrogen-bond acceptors (Lipinski definition) is 2. The molecule has 1 unspecified atom stereocenters. The lowest BCUT2D eigenvalue weighted by atomic mass is 9.89. The summed E-state index contributed by atoms with van der Waals surface area (Å²) in [6, 6.07) is 0. The Morgan fingerprint density at radius 3 is 1.70 bits per heavy atom. The molecule has 3 N–H and O–H groups in total. The Balaban J connectivity index is 0. The topological polar surface area (TPSA) is 46.2 Å². The van der Waals surface area contributed by atoms with Gasteiger partial charge in [-0.15, -0.1) is 12.4 Å². The van der Waals surface area contributed by atoms with Gasteiger partial charge in [-0.1, -0.05) is 13.8 Å².